The quantitative estimate of drug-likeness (QED) is 0.720. The molecule has 86 valence electrons. The number of anilines is 1. The SMILES string of the molecule is C=C(C)c1ccc(N2CCCCC2)cc1C. The predicted octanol–water partition coefficient (Wildman–Crippen LogP) is 4.02. The highest BCUT2D eigenvalue weighted by molar-refractivity contribution is 5.67. The molecule has 1 nitrogen and oxygen atoms in total. The van der Waals surface area contributed by atoms with Crippen molar-refractivity contribution < 1.29 is 0 Å². The molecule has 0 spiro atoms. The fraction of sp³-hybridized carbons (Fsp3) is 0.467. The minimum atomic E-state index is 1.16. The van der Waals surface area contributed by atoms with Gasteiger partial charge in [0, 0.05) is 18.8 Å². The van der Waals surface area contributed by atoms with Crippen LogP contribution in [0.4, 0.5) is 5.69 Å². The smallest absolute Gasteiger partial charge is 0.0369 e. The third-order valence-corrected chi connectivity index (χ3v) is 3.39. The van der Waals surface area contributed by atoms with Crippen molar-refractivity contribution in [3.8, 4) is 0 Å². The van der Waals surface area contributed by atoms with Crippen LogP contribution in [0.5, 0.6) is 0 Å². The van der Waals surface area contributed by atoms with Crippen molar-refractivity contribution in [3.63, 3.8) is 0 Å². The molecule has 16 heavy (non-hydrogen) atoms. The van der Waals surface area contributed by atoms with Crippen LogP contribution >= 0.6 is 0 Å². The Morgan fingerprint density at radius 1 is 1.19 bits per heavy atom. The average molecular weight is 215 g/mol. The lowest BCUT2D eigenvalue weighted by atomic mass is 10.0. The van der Waals surface area contributed by atoms with Crippen LogP contribution in [0, 0.1) is 6.92 Å². The minimum absolute atomic E-state index is 1.16. The number of benzene rings is 1. The second-order valence-electron chi connectivity index (χ2n) is 4.83. The van der Waals surface area contributed by atoms with Gasteiger partial charge in [0.15, 0.2) is 0 Å². The van der Waals surface area contributed by atoms with Gasteiger partial charge in [0.1, 0.15) is 0 Å². The molecule has 1 heterocycles. The maximum atomic E-state index is 4.01. The number of aryl methyl sites for hydroxylation is 1. The zero-order chi connectivity index (χ0) is 11.5. The number of rotatable bonds is 2. The Bertz CT molecular complexity index is 386. The summed E-state index contributed by atoms with van der Waals surface area (Å²) in [5.74, 6) is 0. The average Bonchev–Trinajstić information content (AvgIpc) is 2.29. The van der Waals surface area contributed by atoms with E-state index in [9.17, 15) is 0 Å². The molecule has 1 aliphatic rings. The van der Waals surface area contributed by atoms with Gasteiger partial charge in [-0.3, -0.25) is 0 Å². The number of hydrogen-bond donors (Lipinski definition) is 0. The summed E-state index contributed by atoms with van der Waals surface area (Å²) < 4.78 is 0. The molecule has 0 radical (unpaired) electrons. The summed E-state index contributed by atoms with van der Waals surface area (Å²) in [6.45, 7) is 10.7. The fourth-order valence-corrected chi connectivity index (χ4v) is 2.48. The summed E-state index contributed by atoms with van der Waals surface area (Å²) in [4.78, 5) is 2.50. The highest BCUT2D eigenvalue weighted by atomic mass is 15.1. The van der Waals surface area contributed by atoms with E-state index in [1.165, 1.54) is 49.2 Å². The van der Waals surface area contributed by atoms with E-state index in [1.807, 2.05) is 0 Å². The summed E-state index contributed by atoms with van der Waals surface area (Å²) in [6, 6.07) is 6.75. The van der Waals surface area contributed by atoms with Crippen molar-refractivity contribution in [2.45, 2.75) is 33.1 Å². The van der Waals surface area contributed by atoms with Crippen LogP contribution in [0.15, 0.2) is 24.8 Å². The van der Waals surface area contributed by atoms with Gasteiger partial charge in [0.2, 0.25) is 0 Å². The van der Waals surface area contributed by atoms with Gasteiger partial charge in [-0.25, -0.2) is 0 Å². The van der Waals surface area contributed by atoms with Crippen LogP contribution in [0.25, 0.3) is 5.57 Å². The first-order chi connectivity index (χ1) is 7.68. The lowest BCUT2D eigenvalue weighted by Crippen LogP contribution is -2.29. The molecule has 0 N–H and O–H groups in total. The van der Waals surface area contributed by atoms with Crippen LogP contribution in [-0.2, 0) is 0 Å². The van der Waals surface area contributed by atoms with E-state index >= 15 is 0 Å². The van der Waals surface area contributed by atoms with Gasteiger partial charge in [-0.1, -0.05) is 18.2 Å². The van der Waals surface area contributed by atoms with E-state index in [0.717, 1.165) is 5.57 Å². The number of nitrogens with zero attached hydrogens (tertiary/aromatic N) is 1. The van der Waals surface area contributed by atoms with Crippen molar-refractivity contribution in [1.82, 2.24) is 0 Å². The largest absolute Gasteiger partial charge is 0.372 e. The Kier molecular flexibility index (Phi) is 3.33. The van der Waals surface area contributed by atoms with E-state index < -0.39 is 0 Å². The molecule has 1 aliphatic heterocycles. The molecule has 0 unspecified atom stereocenters. The first-order valence-electron chi connectivity index (χ1n) is 6.20. The molecule has 0 saturated carbocycles. The van der Waals surface area contributed by atoms with Crippen LogP contribution < -0.4 is 4.90 Å². The van der Waals surface area contributed by atoms with Crippen LogP contribution in [0.2, 0.25) is 0 Å². The standard InChI is InChI=1S/C15H21N/c1-12(2)15-8-7-14(11-13(15)3)16-9-5-4-6-10-16/h7-8,11H,1,4-6,9-10H2,2-3H3. The second-order valence-corrected chi connectivity index (χ2v) is 4.83. The van der Waals surface area contributed by atoms with E-state index in [0.29, 0.717) is 0 Å². The van der Waals surface area contributed by atoms with Crippen LogP contribution in [0.1, 0.15) is 37.3 Å². The molecule has 1 saturated heterocycles. The zero-order valence-electron chi connectivity index (χ0n) is 10.4. The Morgan fingerprint density at radius 2 is 1.88 bits per heavy atom. The van der Waals surface area contributed by atoms with E-state index in [1.54, 1.807) is 0 Å². The normalized spacial score (nSPS) is 16.2. The maximum absolute atomic E-state index is 4.01. The summed E-state index contributed by atoms with van der Waals surface area (Å²) in [5, 5.41) is 0. The van der Waals surface area contributed by atoms with Crippen molar-refractivity contribution in [2.24, 2.45) is 0 Å². The summed E-state index contributed by atoms with van der Waals surface area (Å²) in [6.07, 6.45) is 4.06. The molecule has 0 aliphatic carbocycles. The first kappa shape index (κ1) is 11.3. The first-order valence-corrected chi connectivity index (χ1v) is 6.20. The van der Waals surface area contributed by atoms with Crippen molar-refractivity contribution in [3.05, 3.63) is 35.9 Å². The van der Waals surface area contributed by atoms with E-state index in [4.69, 9.17) is 0 Å². The number of piperidine rings is 1. The molecule has 0 amide bonds. The lowest BCUT2D eigenvalue weighted by molar-refractivity contribution is 0.578. The van der Waals surface area contributed by atoms with Crippen molar-refractivity contribution in [2.75, 3.05) is 18.0 Å². The third-order valence-electron chi connectivity index (χ3n) is 3.39. The Hall–Kier alpha value is -1.24. The Labute approximate surface area is 98.8 Å². The van der Waals surface area contributed by atoms with Gasteiger partial charge in [-0.05, 0) is 56.4 Å². The van der Waals surface area contributed by atoms with Gasteiger partial charge < -0.3 is 4.90 Å². The number of hydrogen-bond acceptors (Lipinski definition) is 1. The molecular weight excluding hydrogens is 194 g/mol. The van der Waals surface area contributed by atoms with Gasteiger partial charge >= 0.3 is 0 Å². The zero-order valence-corrected chi connectivity index (χ0v) is 10.4. The molecular formula is C15H21N. The van der Waals surface area contributed by atoms with Crippen molar-refractivity contribution >= 4 is 11.3 Å². The highest BCUT2D eigenvalue weighted by Gasteiger charge is 2.11. The van der Waals surface area contributed by atoms with E-state index in [2.05, 4.69) is 43.5 Å². The topological polar surface area (TPSA) is 3.24 Å². The van der Waals surface area contributed by atoms with Gasteiger partial charge in [-0.15, -0.1) is 0 Å². The second kappa shape index (κ2) is 4.73. The maximum Gasteiger partial charge on any atom is 0.0369 e. The lowest BCUT2D eigenvalue weighted by Gasteiger charge is -2.29. The summed E-state index contributed by atoms with van der Waals surface area (Å²) in [5.41, 5.74) is 5.17. The molecule has 1 aromatic rings. The molecule has 2 rings (SSSR count). The van der Waals surface area contributed by atoms with Gasteiger partial charge in [-0.2, -0.15) is 0 Å². The molecule has 0 atom stereocenters. The Balaban J connectivity index is 2.23. The molecule has 1 aromatic carbocycles. The predicted molar refractivity (Wildman–Crippen MR) is 72.0 cm³/mol. The monoisotopic (exact) mass is 215 g/mol. The third kappa shape index (κ3) is 2.29. The number of allylic oxidation sites excluding steroid dienone is 1. The molecule has 0 aromatic heterocycles. The van der Waals surface area contributed by atoms with Gasteiger partial charge in [0.05, 0.1) is 0 Å². The van der Waals surface area contributed by atoms with Gasteiger partial charge in [0.25, 0.3) is 0 Å². The Morgan fingerprint density at radius 3 is 2.44 bits per heavy atom. The molecule has 0 bridgehead atoms. The molecule has 1 fully saturated rings. The minimum Gasteiger partial charge on any atom is -0.372 e. The van der Waals surface area contributed by atoms with Crippen LogP contribution in [0.3, 0.4) is 0 Å². The molecule has 1 heteroatoms. The summed E-state index contributed by atoms with van der Waals surface area (Å²) in [7, 11) is 0. The fourth-order valence-electron chi connectivity index (χ4n) is 2.48. The van der Waals surface area contributed by atoms with Crippen LogP contribution in [-0.4, -0.2) is 13.1 Å². The summed E-state index contributed by atoms with van der Waals surface area (Å²) >= 11 is 0. The van der Waals surface area contributed by atoms with Crippen molar-refractivity contribution in [1.29, 1.82) is 0 Å². The highest BCUT2D eigenvalue weighted by Crippen LogP contribution is 2.25. The van der Waals surface area contributed by atoms with E-state index in [-0.39, 0.29) is 0 Å².